The number of pyridine rings is 1. The molecule has 0 radical (unpaired) electrons. The van der Waals surface area contributed by atoms with Gasteiger partial charge in [0.1, 0.15) is 0 Å². The summed E-state index contributed by atoms with van der Waals surface area (Å²) in [6.45, 7) is 0.927. The minimum absolute atomic E-state index is 0.0845. The van der Waals surface area contributed by atoms with Crippen LogP contribution in [0, 0.1) is 0 Å². The molecule has 0 saturated carbocycles. The van der Waals surface area contributed by atoms with E-state index in [1.165, 1.54) is 0 Å². The van der Waals surface area contributed by atoms with E-state index in [9.17, 15) is 4.79 Å². The fraction of sp³-hybridized carbons (Fsp3) is 0.182. The van der Waals surface area contributed by atoms with E-state index in [2.05, 4.69) is 11.1 Å². The molecule has 138 valence electrons. The second-order valence-electron chi connectivity index (χ2n) is 7.17. The Bertz CT molecular complexity index is 1210. The molecule has 6 rings (SSSR count). The number of rotatable bonds is 3. The maximum absolute atomic E-state index is 13.8. The number of ether oxygens (including phenoxy) is 1. The van der Waals surface area contributed by atoms with Crippen molar-refractivity contribution < 1.29 is 18.7 Å². The van der Waals surface area contributed by atoms with Crippen LogP contribution in [0.1, 0.15) is 22.3 Å². The smallest absolute Gasteiger partial charge is 0.269 e. The largest absolute Gasteiger partial charge is 0.355 e. The number of anilines is 1. The number of carbonyl (C=O) groups is 1. The van der Waals surface area contributed by atoms with E-state index in [1.54, 1.807) is 17.3 Å². The number of amides is 1. The van der Waals surface area contributed by atoms with E-state index in [1.807, 2.05) is 42.5 Å². The molecule has 1 amide bonds. The van der Waals surface area contributed by atoms with Gasteiger partial charge in [-0.15, -0.1) is 0 Å². The number of fused-ring (bicyclic) bond motifs is 1. The highest BCUT2D eigenvalue weighted by Gasteiger charge is 2.56. The second-order valence-corrected chi connectivity index (χ2v) is 7.17. The topological polar surface area (TPSA) is 68.7 Å². The molecule has 2 aromatic heterocycles. The number of benzene rings is 2. The van der Waals surface area contributed by atoms with Gasteiger partial charge < -0.3 is 9.64 Å². The molecule has 0 saturated heterocycles. The van der Waals surface area contributed by atoms with Gasteiger partial charge in [0.2, 0.25) is 11.2 Å². The molecular weight excluding hydrogens is 356 g/mol. The van der Waals surface area contributed by atoms with Crippen LogP contribution in [0.3, 0.4) is 0 Å². The Hall–Kier alpha value is -3.38. The lowest BCUT2D eigenvalue weighted by Crippen LogP contribution is -2.45. The maximum Gasteiger partial charge on any atom is 0.269 e. The third kappa shape index (κ3) is 1.95. The van der Waals surface area contributed by atoms with E-state index < -0.39 is 5.60 Å². The van der Waals surface area contributed by atoms with E-state index in [-0.39, 0.29) is 5.91 Å². The maximum atomic E-state index is 13.8. The highest BCUT2D eigenvalue weighted by Crippen LogP contribution is 2.51. The summed E-state index contributed by atoms with van der Waals surface area (Å²) in [7, 11) is 0. The van der Waals surface area contributed by atoms with Crippen LogP contribution >= 0.6 is 0 Å². The highest BCUT2D eigenvalue weighted by molar-refractivity contribution is 6.10. The predicted octanol–water partition coefficient (Wildman–Crippen LogP) is 3.78. The third-order valence-electron chi connectivity index (χ3n) is 5.64. The normalized spacial score (nSPS) is 20.7. The van der Waals surface area contributed by atoms with Gasteiger partial charge in [0, 0.05) is 23.5 Å². The van der Waals surface area contributed by atoms with Crippen LogP contribution in [-0.2, 0) is 28.1 Å². The van der Waals surface area contributed by atoms with Gasteiger partial charge in [-0.2, -0.15) is 0 Å². The van der Waals surface area contributed by atoms with E-state index in [0.717, 1.165) is 34.4 Å². The standard InChI is InChI=1S/C22H16N2O4/c25-21-22(16-6-7-18-19(11-16)28-27-18)20-15(8-10-26-22)4-1-5-17(20)24(21)13-14-3-2-9-23-12-14/h1-7,9,11-12H,8,10,13H2. The van der Waals surface area contributed by atoms with Crippen molar-refractivity contribution in [3.63, 3.8) is 0 Å². The first kappa shape index (κ1) is 15.7. The molecule has 2 aromatic carbocycles. The molecule has 2 aliphatic heterocycles. The Morgan fingerprint density at radius 3 is 2.79 bits per heavy atom. The quantitative estimate of drug-likeness (QED) is 0.512. The average molecular weight is 372 g/mol. The van der Waals surface area contributed by atoms with Gasteiger partial charge in [-0.1, -0.05) is 24.3 Å². The highest BCUT2D eigenvalue weighted by atomic mass is 17.0. The molecule has 1 unspecified atom stereocenters. The Morgan fingerprint density at radius 2 is 2.00 bits per heavy atom. The molecule has 4 heterocycles. The van der Waals surface area contributed by atoms with Gasteiger partial charge in [0.05, 0.1) is 18.8 Å². The summed E-state index contributed by atoms with van der Waals surface area (Å²) in [5.74, 6) is -0.0845. The zero-order chi connectivity index (χ0) is 18.7. The average Bonchev–Trinajstić information content (AvgIpc) is 2.95. The van der Waals surface area contributed by atoms with Crippen molar-refractivity contribution in [2.24, 2.45) is 0 Å². The molecule has 6 nitrogen and oxygen atoms in total. The summed E-state index contributed by atoms with van der Waals surface area (Å²) in [5.41, 5.74) is 4.85. The summed E-state index contributed by atoms with van der Waals surface area (Å²) in [6.07, 6.45) is 4.30. The van der Waals surface area contributed by atoms with Gasteiger partial charge in [-0.05, 0) is 41.8 Å². The molecule has 6 heteroatoms. The Morgan fingerprint density at radius 1 is 1.07 bits per heavy atom. The molecule has 28 heavy (non-hydrogen) atoms. The van der Waals surface area contributed by atoms with E-state index >= 15 is 0 Å². The van der Waals surface area contributed by atoms with E-state index in [0.29, 0.717) is 24.3 Å². The molecule has 4 aromatic rings. The van der Waals surface area contributed by atoms with Crippen LogP contribution in [0.4, 0.5) is 5.69 Å². The summed E-state index contributed by atoms with van der Waals surface area (Å²) < 4.78 is 16.3. The van der Waals surface area contributed by atoms with Gasteiger partial charge in [0.25, 0.3) is 5.91 Å². The van der Waals surface area contributed by atoms with Gasteiger partial charge in [0.15, 0.2) is 5.60 Å². The summed E-state index contributed by atoms with van der Waals surface area (Å²) in [5, 5.41) is 0. The third-order valence-corrected chi connectivity index (χ3v) is 5.64. The first-order valence-corrected chi connectivity index (χ1v) is 9.23. The predicted molar refractivity (Wildman–Crippen MR) is 101 cm³/mol. The summed E-state index contributed by atoms with van der Waals surface area (Å²) >= 11 is 0. The van der Waals surface area contributed by atoms with Crippen molar-refractivity contribution in [3.05, 3.63) is 83.2 Å². The van der Waals surface area contributed by atoms with Crippen molar-refractivity contribution in [2.45, 2.75) is 18.6 Å². The summed E-state index contributed by atoms with van der Waals surface area (Å²) in [6, 6.07) is 15.5. The molecule has 0 fully saturated rings. The summed E-state index contributed by atoms with van der Waals surface area (Å²) in [4.78, 5) is 19.8. The molecule has 2 aliphatic rings. The lowest BCUT2D eigenvalue weighted by Gasteiger charge is -2.34. The minimum Gasteiger partial charge on any atom is -0.355 e. The number of nitrogens with zero attached hydrogens (tertiary/aromatic N) is 2. The second kappa shape index (κ2) is 5.56. The molecule has 0 aliphatic carbocycles. The zero-order valence-corrected chi connectivity index (χ0v) is 14.9. The number of carbonyl (C=O) groups excluding carboxylic acids is 1. The van der Waals surface area contributed by atoms with Crippen LogP contribution in [0.5, 0.6) is 0 Å². The number of aromatic nitrogens is 1. The van der Waals surface area contributed by atoms with Gasteiger partial charge in [-0.3, -0.25) is 18.9 Å². The van der Waals surface area contributed by atoms with Crippen molar-refractivity contribution in [3.8, 4) is 0 Å². The lowest BCUT2D eigenvalue weighted by atomic mass is 9.82. The van der Waals surface area contributed by atoms with Gasteiger partial charge >= 0.3 is 0 Å². The molecule has 0 bridgehead atoms. The van der Waals surface area contributed by atoms with E-state index in [4.69, 9.17) is 13.9 Å². The Kier molecular flexibility index (Phi) is 3.11. The van der Waals surface area contributed by atoms with Crippen LogP contribution in [0.15, 0.2) is 70.1 Å². The Labute approximate surface area is 160 Å². The number of hydrogen-bond donors (Lipinski definition) is 0. The van der Waals surface area contributed by atoms with Crippen molar-refractivity contribution in [1.82, 2.24) is 4.98 Å². The van der Waals surface area contributed by atoms with Crippen LogP contribution in [-0.4, -0.2) is 17.5 Å². The molecule has 0 N–H and O–H groups in total. The minimum atomic E-state index is -1.15. The lowest BCUT2D eigenvalue weighted by molar-refractivity contribution is -0.139. The first-order chi connectivity index (χ1) is 13.8. The van der Waals surface area contributed by atoms with Crippen molar-refractivity contribution in [1.29, 1.82) is 0 Å². The van der Waals surface area contributed by atoms with Crippen LogP contribution in [0.2, 0.25) is 0 Å². The molecule has 0 spiro atoms. The van der Waals surface area contributed by atoms with Crippen LogP contribution < -0.4 is 4.90 Å². The fourth-order valence-electron chi connectivity index (χ4n) is 4.38. The SMILES string of the molecule is O=C1N(Cc2cccnc2)c2cccc3c2C1(c1ccc2ooc2c1)OCC3. The monoisotopic (exact) mass is 372 g/mol. The first-order valence-electron chi connectivity index (χ1n) is 9.23. The van der Waals surface area contributed by atoms with Gasteiger partial charge in [-0.25, -0.2) is 0 Å². The zero-order valence-electron chi connectivity index (χ0n) is 14.9. The number of hydrogen-bond acceptors (Lipinski definition) is 5. The van der Waals surface area contributed by atoms with Crippen molar-refractivity contribution >= 4 is 22.8 Å². The fourth-order valence-corrected chi connectivity index (χ4v) is 4.38. The van der Waals surface area contributed by atoms with Crippen LogP contribution in [0.25, 0.3) is 11.2 Å². The molecule has 1 atom stereocenters. The van der Waals surface area contributed by atoms with Crippen molar-refractivity contribution in [2.75, 3.05) is 11.5 Å². The Balaban J connectivity index is 1.56. The molecular formula is C22H16N2O4.